The van der Waals surface area contributed by atoms with E-state index in [4.69, 9.17) is 9.72 Å². The van der Waals surface area contributed by atoms with Gasteiger partial charge in [-0.25, -0.2) is 4.98 Å². The minimum atomic E-state index is -4.41. The summed E-state index contributed by atoms with van der Waals surface area (Å²) in [6.45, 7) is 6.51. The van der Waals surface area contributed by atoms with Crippen molar-refractivity contribution in [2.24, 2.45) is 0 Å². The molecule has 10 heteroatoms. The maximum absolute atomic E-state index is 12.7. The van der Waals surface area contributed by atoms with Gasteiger partial charge in [0.05, 0.1) is 11.6 Å². The number of alkyl halides is 3. The van der Waals surface area contributed by atoms with Crippen molar-refractivity contribution in [2.75, 3.05) is 11.9 Å². The van der Waals surface area contributed by atoms with Crippen LogP contribution in [-0.2, 0) is 5.41 Å². The van der Waals surface area contributed by atoms with E-state index in [-0.39, 0.29) is 23.3 Å². The van der Waals surface area contributed by atoms with Crippen LogP contribution in [0.5, 0.6) is 5.75 Å². The molecule has 0 saturated heterocycles. The fourth-order valence-corrected chi connectivity index (χ4v) is 4.44. The summed E-state index contributed by atoms with van der Waals surface area (Å²) in [6, 6.07) is 5.30. The fourth-order valence-electron chi connectivity index (χ4n) is 3.66. The molecular weight excluding hydrogens is 441 g/mol. The average Bonchev–Trinajstić information content (AvgIpc) is 3.12. The highest BCUT2D eigenvalue weighted by molar-refractivity contribution is 7.18. The van der Waals surface area contributed by atoms with Gasteiger partial charge < -0.3 is 15.2 Å². The number of ether oxygens (including phenoxy) is 1. The first-order valence-electron chi connectivity index (χ1n) is 10.3. The summed E-state index contributed by atoms with van der Waals surface area (Å²) in [6.07, 6.45) is -3.29. The molecule has 1 aliphatic carbocycles. The lowest BCUT2D eigenvalue weighted by Gasteiger charge is -2.31. The number of nitrogens with one attached hydrogen (secondary N) is 1. The predicted molar refractivity (Wildman–Crippen MR) is 118 cm³/mol. The first-order chi connectivity index (χ1) is 14.9. The Labute approximate surface area is 187 Å². The third kappa shape index (κ3) is 4.96. The van der Waals surface area contributed by atoms with Gasteiger partial charge in [-0.2, -0.15) is 13.2 Å². The van der Waals surface area contributed by atoms with Crippen molar-refractivity contribution in [2.45, 2.75) is 64.3 Å². The van der Waals surface area contributed by atoms with Crippen molar-refractivity contribution < 1.29 is 23.0 Å². The van der Waals surface area contributed by atoms with Gasteiger partial charge in [-0.1, -0.05) is 32.1 Å². The van der Waals surface area contributed by atoms with Gasteiger partial charge >= 0.3 is 6.18 Å². The number of hydrogen-bond acceptors (Lipinski definition) is 7. The standard InChI is InChI=1S/C22H25F3N4O2S/c1-11-5-17(19-28-29-20(32-19)26-12-6-13(30)7-12)27-18-15(11)8-14(31-10-22(23,24)25)9-16(18)21(2,3)4/h5,8-9,12-13,30H,6-7,10H2,1-4H3,(H,26,29)/t12-,13+. The van der Waals surface area contributed by atoms with Crippen LogP contribution >= 0.6 is 11.3 Å². The summed E-state index contributed by atoms with van der Waals surface area (Å²) in [4.78, 5) is 4.82. The van der Waals surface area contributed by atoms with E-state index in [1.54, 1.807) is 12.1 Å². The molecule has 172 valence electrons. The number of benzene rings is 1. The summed E-state index contributed by atoms with van der Waals surface area (Å²) in [7, 11) is 0. The van der Waals surface area contributed by atoms with Gasteiger partial charge in [0.2, 0.25) is 5.13 Å². The zero-order valence-electron chi connectivity index (χ0n) is 18.2. The monoisotopic (exact) mass is 466 g/mol. The van der Waals surface area contributed by atoms with Crippen LogP contribution in [0.15, 0.2) is 18.2 Å². The third-order valence-electron chi connectivity index (χ3n) is 5.39. The zero-order chi connectivity index (χ0) is 23.3. The normalized spacial score (nSPS) is 19.1. The van der Waals surface area contributed by atoms with E-state index in [0.717, 1.165) is 16.5 Å². The van der Waals surface area contributed by atoms with Crippen LogP contribution in [0.2, 0.25) is 0 Å². The molecule has 0 radical (unpaired) electrons. The molecule has 2 aromatic heterocycles. The van der Waals surface area contributed by atoms with Gasteiger partial charge in [0.15, 0.2) is 11.6 Å². The summed E-state index contributed by atoms with van der Waals surface area (Å²) in [5.74, 6) is 0.169. The number of aromatic nitrogens is 3. The van der Waals surface area contributed by atoms with Crippen molar-refractivity contribution in [3.05, 3.63) is 29.3 Å². The molecule has 0 bridgehead atoms. The van der Waals surface area contributed by atoms with Gasteiger partial charge in [0.25, 0.3) is 0 Å². The van der Waals surface area contributed by atoms with Crippen LogP contribution in [0, 0.1) is 6.92 Å². The van der Waals surface area contributed by atoms with Crippen LogP contribution < -0.4 is 10.1 Å². The molecule has 32 heavy (non-hydrogen) atoms. The number of anilines is 1. The molecule has 0 atom stereocenters. The van der Waals surface area contributed by atoms with E-state index in [1.807, 2.05) is 33.8 Å². The lowest BCUT2D eigenvalue weighted by Crippen LogP contribution is -2.38. The summed E-state index contributed by atoms with van der Waals surface area (Å²) in [5, 5.41) is 23.2. The topological polar surface area (TPSA) is 80.2 Å². The van der Waals surface area contributed by atoms with Crippen molar-refractivity contribution >= 4 is 27.4 Å². The minimum Gasteiger partial charge on any atom is -0.484 e. The maximum Gasteiger partial charge on any atom is 0.422 e. The number of halogens is 3. The Morgan fingerprint density at radius 2 is 1.88 bits per heavy atom. The Balaban J connectivity index is 1.71. The second kappa shape index (κ2) is 8.15. The fraction of sp³-hybridized carbons (Fsp3) is 0.500. The van der Waals surface area contributed by atoms with Crippen LogP contribution in [0.4, 0.5) is 18.3 Å². The van der Waals surface area contributed by atoms with Gasteiger partial charge in [0.1, 0.15) is 11.4 Å². The molecule has 1 saturated carbocycles. The van der Waals surface area contributed by atoms with E-state index in [2.05, 4.69) is 15.5 Å². The molecule has 2 N–H and O–H groups in total. The van der Waals surface area contributed by atoms with E-state index in [1.165, 1.54) is 11.3 Å². The lowest BCUT2D eigenvalue weighted by atomic mass is 9.84. The summed E-state index contributed by atoms with van der Waals surface area (Å²) >= 11 is 1.38. The first-order valence-corrected chi connectivity index (χ1v) is 11.1. The number of fused-ring (bicyclic) bond motifs is 1. The Hall–Kier alpha value is -2.46. The molecule has 0 amide bonds. The quantitative estimate of drug-likeness (QED) is 0.536. The average molecular weight is 467 g/mol. The number of nitrogens with zero attached hydrogens (tertiary/aromatic N) is 3. The van der Waals surface area contributed by atoms with Gasteiger partial charge in [-0.05, 0) is 54.5 Å². The maximum atomic E-state index is 12.7. The summed E-state index contributed by atoms with van der Waals surface area (Å²) < 4.78 is 43.1. The highest BCUT2D eigenvalue weighted by atomic mass is 32.1. The van der Waals surface area contributed by atoms with Gasteiger partial charge in [-0.3, -0.25) is 0 Å². The molecule has 1 aliphatic rings. The van der Waals surface area contributed by atoms with E-state index in [9.17, 15) is 18.3 Å². The van der Waals surface area contributed by atoms with Gasteiger partial charge in [-0.15, -0.1) is 10.2 Å². The first kappa shape index (κ1) is 22.7. The van der Waals surface area contributed by atoms with E-state index < -0.39 is 12.8 Å². The lowest BCUT2D eigenvalue weighted by molar-refractivity contribution is -0.153. The molecule has 6 nitrogen and oxygen atoms in total. The second-order valence-electron chi connectivity index (χ2n) is 9.22. The Kier molecular flexibility index (Phi) is 5.79. The Bertz CT molecular complexity index is 1130. The van der Waals surface area contributed by atoms with Crippen molar-refractivity contribution in [1.29, 1.82) is 0 Å². The smallest absolute Gasteiger partial charge is 0.422 e. The molecule has 2 heterocycles. The van der Waals surface area contributed by atoms with Gasteiger partial charge in [0, 0.05) is 11.4 Å². The molecule has 0 aliphatic heterocycles. The molecular formula is C22H25F3N4O2S. The van der Waals surface area contributed by atoms with E-state index in [0.29, 0.717) is 34.2 Å². The number of aryl methyl sites for hydroxylation is 1. The minimum absolute atomic E-state index is 0.169. The van der Waals surface area contributed by atoms with Crippen molar-refractivity contribution in [3.8, 4) is 16.5 Å². The molecule has 1 fully saturated rings. The highest BCUT2D eigenvalue weighted by Crippen LogP contribution is 2.37. The molecule has 1 aromatic carbocycles. The Morgan fingerprint density at radius 3 is 2.50 bits per heavy atom. The Morgan fingerprint density at radius 1 is 1.16 bits per heavy atom. The highest BCUT2D eigenvalue weighted by Gasteiger charge is 2.30. The molecule has 3 aromatic rings. The third-order valence-corrected chi connectivity index (χ3v) is 6.27. The number of hydrogen-bond donors (Lipinski definition) is 2. The van der Waals surface area contributed by atoms with Crippen LogP contribution in [0.25, 0.3) is 21.6 Å². The number of aliphatic hydroxyl groups excluding tert-OH is 1. The molecule has 0 unspecified atom stereocenters. The van der Waals surface area contributed by atoms with Crippen LogP contribution in [0.3, 0.4) is 0 Å². The zero-order valence-corrected chi connectivity index (χ0v) is 19.1. The van der Waals surface area contributed by atoms with E-state index >= 15 is 0 Å². The summed E-state index contributed by atoms with van der Waals surface area (Å²) in [5.41, 5.74) is 2.65. The van der Waals surface area contributed by atoms with Crippen LogP contribution in [0.1, 0.15) is 44.7 Å². The number of rotatable bonds is 5. The van der Waals surface area contributed by atoms with Crippen LogP contribution in [-0.4, -0.2) is 45.2 Å². The predicted octanol–water partition coefficient (Wildman–Crippen LogP) is 5.24. The SMILES string of the molecule is Cc1cc(-c2nnc(N[C@H]3C[C@@H](O)C3)s2)nc2c(C(C)(C)C)cc(OCC(F)(F)F)cc12. The largest absolute Gasteiger partial charge is 0.484 e. The number of pyridine rings is 1. The van der Waals surface area contributed by atoms with Crippen molar-refractivity contribution in [1.82, 2.24) is 15.2 Å². The molecule has 0 spiro atoms. The number of aliphatic hydroxyl groups is 1. The van der Waals surface area contributed by atoms with Crippen molar-refractivity contribution in [3.63, 3.8) is 0 Å². The second-order valence-corrected chi connectivity index (χ2v) is 10.2. The molecule has 4 rings (SSSR count).